The van der Waals surface area contributed by atoms with E-state index in [1.165, 1.54) is 5.56 Å². The van der Waals surface area contributed by atoms with Crippen molar-refractivity contribution in [2.45, 2.75) is 26.4 Å². The van der Waals surface area contributed by atoms with Crippen LogP contribution in [0.1, 0.15) is 41.7 Å². The molecule has 0 aliphatic rings. The number of hydrogen-bond donors (Lipinski definition) is 2. The molecule has 0 fully saturated rings. The van der Waals surface area contributed by atoms with Crippen molar-refractivity contribution in [2.24, 2.45) is 0 Å². The van der Waals surface area contributed by atoms with Gasteiger partial charge < -0.3 is 10.8 Å². The second-order valence-electron chi connectivity index (χ2n) is 5.45. The van der Waals surface area contributed by atoms with Crippen LogP contribution in [0.2, 0.25) is 0 Å². The monoisotopic (exact) mass is 293 g/mol. The molecule has 3 N–H and O–H groups in total. The van der Waals surface area contributed by atoms with Gasteiger partial charge in [0.25, 0.3) is 0 Å². The highest BCUT2D eigenvalue weighted by Gasteiger charge is 2.09. The zero-order valence-electron chi connectivity index (χ0n) is 13.2. The van der Waals surface area contributed by atoms with E-state index in [2.05, 4.69) is 37.3 Å². The number of benzene rings is 2. The summed E-state index contributed by atoms with van der Waals surface area (Å²) in [7, 11) is 0. The number of nitrogens with two attached hydrogens (primary N) is 1. The maximum Gasteiger partial charge on any atom is 0.0844 e. The maximum atomic E-state index is 10.2. The van der Waals surface area contributed by atoms with Crippen molar-refractivity contribution >= 4 is 17.8 Å². The summed E-state index contributed by atoms with van der Waals surface area (Å²) >= 11 is 0. The van der Waals surface area contributed by atoms with Crippen LogP contribution >= 0.6 is 0 Å². The van der Waals surface area contributed by atoms with Gasteiger partial charge in [0.15, 0.2) is 0 Å². The lowest BCUT2D eigenvalue weighted by molar-refractivity contribution is 0.182. The van der Waals surface area contributed by atoms with Crippen molar-refractivity contribution in [3.8, 4) is 0 Å². The molecule has 0 aromatic heterocycles. The van der Waals surface area contributed by atoms with Crippen LogP contribution in [0.25, 0.3) is 12.2 Å². The van der Waals surface area contributed by atoms with Crippen LogP contribution in [-0.4, -0.2) is 5.11 Å². The predicted octanol–water partition coefficient (Wildman–Crippen LogP) is 4.75. The molecule has 1 atom stereocenters. The van der Waals surface area contributed by atoms with Crippen LogP contribution in [-0.2, 0) is 0 Å². The Morgan fingerprint density at radius 3 is 2.36 bits per heavy atom. The van der Waals surface area contributed by atoms with Gasteiger partial charge in [-0.05, 0) is 43.5 Å². The summed E-state index contributed by atoms with van der Waals surface area (Å²) in [5, 5.41) is 10.2. The Morgan fingerprint density at radius 1 is 1.05 bits per heavy atom. The standard InChI is InChI=1S/C20H23NO/c1-3-4-5-20(22)18-14-17(12-13-19(18)21)11-10-16-8-6-15(2)7-9-16/h3-4,6-14,20,22H,5,21H2,1-2H3/b4-3-,11-10+. The molecule has 0 aliphatic carbocycles. The lowest BCUT2D eigenvalue weighted by atomic mass is 10.0. The fraction of sp³-hybridized carbons (Fsp3) is 0.200. The number of hydrogen-bond acceptors (Lipinski definition) is 2. The summed E-state index contributed by atoms with van der Waals surface area (Å²) < 4.78 is 0. The SMILES string of the molecule is C/C=C\CC(O)c1cc(/C=C/c2ccc(C)cc2)ccc1N. The van der Waals surface area contributed by atoms with E-state index in [4.69, 9.17) is 5.73 Å². The molecule has 0 bridgehead atoms. The number of nitrogen functional groups attached to an aromatic ring is 1. The Balaban J connectivity index is 2.19. The summed E-state index contributed by atoms with van der Waals surface area (Å²) in [6, 6.07) is 14.1. The van der Waals surface area contributed by atoms with E-state index in [1.54, 1.807) is 0 Å². The van der Waals surface area contributed by atoms with Gasteiger partial charge in [-0.1, -0.05) is 60.2 Å². The first kappa shape index (κ1) is 16.1. The average molecular weight is 293 g/mol. The van der Waals surface area contributed by atoms with E-state index in [0.717, 1.165) is 16.7 Å². The van der Waals surface area contributed by atoms with Gasteiger partial charge in [-0.3, -0.25) is 0 Å². The van der Waals surface area contributed by atoms with Crippen LogP contribution in [0.4, 0.5) is 5.69 Å². The van der Waals surface area contributed by atoms with E-state index in [1.807, 2.05) is 43.4 Å². The molecule has 22 heavy (non-hydrogen) atoms. The molecule has 2 heteroatoms. The summed E-state index contributed by atoms with van der Waals surface area (Å²) in [5.74, 6) is 0. The van der Waals surface area contributed by atoms with E-state index >= 15 is 0 Å². The Labute approximate surface area is 132 Å². The second-order valence-corrected chi connectivity index (χ2v) is 5.45. The lowest BCUT2D eigenvalue weighted by Crippen LogP contribution is -2.01. The molecule has 0 saturated heterocycles. The fourth-order valence-electron chi connectivity index (χ4n) is 2.25. The van der Waals surface area contributed by atoms with Crippen molar-refractivity contribution in [3.05, 3.63) is 76.9 Å². The van der Waals surface area contributed by atoms with Gasteiger partial charge in [-0.2, -0.15) is 0 Å². The van der Waals surface area contributed by atoms with Crippen molar-refractivity contribution in [1.82, 2.24) is 0 Å². The molecule has 2 aromatic rings. The maximum absolute atomic E-state index is 10.2. The molecular formula is C20H23NO. The first-order chi connectivity index (χ1) is 10.6. The lowest BCUT2D eigenvalue weighted by Gasteiger charge is -2.12. The van der Waals surface area contributed by atoms with Crippen molar-refractivity contribution in [1.29, 1.82) is 0 Å². The molecule has 2 nitrogen and oxygen atoms in total. The number of aryl methyl sites for hydroxylation is 1. The Morgan fingerprint density at radius 2 is 1.68 bits per heavy atom. The molecule has 114 valence electrons. The van der Waals surface area contributed by atoms with Crippen LogP contribution in [0.15, 0.2) is 54.6 Å². The first-order valence-electron chi connectivity index (χ1n) is 7.53. The molecular weight excluding hydrogens is 270 g/mol. The first-order valence-corrected chi connectivity index (χ1v) is 7.53. The Kier molecular flexibility index (Phi) is 5.56. The van der Waals surface area contributed by atoms with Crippen LogP contribution in [0.3, 0.4) is 0 Å². The average Bonchev–Trinajstić information content (AvgIpc) is 2.53. The van der Waals surface area contributed by atoms with Gasteiger partial charge in [0, 0.05) is 11.3 Å². The second kappa shape index (κ2) is 7.62. The largest absolute Gasteiger partial charge is 0.398 e. The number of allylic oxidation sites excluding steroid dienone is 1. The number of rotatable bonds is 5. The predicted molar refractivity (Wildman–Crippen MR) is 95.4 cm³/mol. The number of aliphatic hydroxyl groups excluding tert-OH is 1. The van der Waals surface area contributed by atoms with Crippen molar-refractivity contribution in [3.63, 3.8) is 0 Å². The third kappa shape index (κ3) is 4.34. The summed E-state index contributed by atoms with van der Waals surface area (Å²) in [5.41, 5.74) is 10.8. The molecule has 2 aromatic carbocycles. The normalized spacial score (nSPS) is 13.0. The van der Waals surface area contributed by atoms with E-state index in [9.17, 15) is 5.11 Å². The minimum Gasteiger partial charge on any atom is -0.398 e. The molecule has 0 spiro atoms. The highest BCUT2D eigenvalue weighted by Crippen LogP contribution is 2.25. The quantitative estimate of drug-likeness (QED) is 0.475. The molecule has 2 rings (SSSR count). The fourth-order valence-corrected chi connectivity index (χ4v) is 2.25. The zero-order valence-corrected chi connectivity index (χ0v) is 13.2. The van der Waals surface area contributed by atoms with E-state index < -0.39 is 6.10 Å². The summed E-state index contributed by atoms with van der Waals surface area (Å²) in [6.45, 7) is 4.02. The minimum absolute atomic E-state index is 0.566. The highest BCUT2D eigenvalue weighted by molar-refractivity contribution is 5.71. The molecule has 1 unspecified atom stereocenters. The van der Waals surface area contributed by atoms with Gasteiger partial charge in [-0.25, -0.2) is 0 Å². The van der Waals surface area contributed by atoms with Gasteiger partial charge in [0.1, 0.15) is 0 Å². The highest BCUT2D eigenvalue weighted by atomic mass is 16.3. The van der Waals surface area contributed by atoms with Crippen LogP contribution in [0, 0.1) is 6.92 Å². The topological polar surface area (TPSA) is 46.2 Å². The third-order valence-corrected chi connectivity index (χ3v) is 3.61. The Bertz CT molecular complexity index is 669. The van der Waals surface area contributed by atoms with Crippen molar-refractivity contribution in [2.75, 3.05) is 5.73 Å². The van der Waals surface area contributed by atoms with Crippen LogP contribution in [0.5, 0.6) is 0 Å². The smallest absolute Gasteiger partial charge is 0.0844 e. The minimum atomic E-state index is -0.566. The van der Waals surface area contributed by atoms with E-state index in [0.29, 0.717) is 12.1 Å². The van der Waals surface area contributed by atoms with Gasteiger partial charge >= 0.3 is 0 Å². The molecule has 0 amide bonds. The van der Waals surface area contributed by atoms with Gasteiger partial charge in [0.05, 0.1) is 6.10 Å². The Hall–Kier alpha value is -2.32. The number of anilines is 1. The molecule has 0 aliphatic heterocycles. The van der Waals surface area contributed by atoms with E-state index in [-0.39, 0.29) is 0 Å². The summed E-state index contributed by atoms with van der Waals surface area (Å²) in [6.07, 6.45) is 7.98. The van der Waals surface area contributed by atoms with Gasteiger partial charge in [0.2, 0.25) is 0 Å². The molecule has 0 saturated carbocycles. The number of aliphatic hydroxyl groups is 1. The zero-order chi connectivity index (χ0) is 15.9. The molecule has 0 heterocycles. The molecule has 0 radical (unpaired) electrons. The van der Waals surface area contributed by atoms with Crippen molar-refractivity contribution < 1.29 is 5.11 Å². The summed E-state index contributed by atoms with van der Waals surface area (Å²) in [4.78, 5) is 0. The van der Waals surface area contributed by atoms with Gasteiger partial charge in [-0.15, -0.1) is 0 Å². The van der Waals surface area contributed by atoms with Crippen LogP contribution < -0.4 is 5.73 Å². The third-order valence-electron chi connectivity index (χ3n) is 3.61.